The number of anilines is 1. The van der Waals surface area contributed by atoms with Crippen LogP contribution in [0.5, 0.6) is 11.5 Å². The first-order valence-corrected chi connectivity index (χ1v) is 8.98. The molecule has 1 aliphatic rings. The number of benzene rings is 2. The van der Waals surface area contributed by atoms with Crippen LogP contribution < -0.4 is 14.8 Å². The molecule has 1 atom stereocenters. The summed E-state index contributed by atoms with van der Waals surface area (Å²) in [7, 11) is 0. The number of hydrogen-bond donors (Lipinski definition) is 1. The van der Waals surface area contributed by atoms with E-state index in [4.69, 9.17) is 9.47 Å². The minimum absolute atomic E-state index is 0.165. The monoisotopic (exact) mass is 339 g/mol. The standard InChI is InChI=1S/C21H25NO3/c1-3-24-19-12-9-18(10-13-19)22-21(23)15(2)25-20-11-8-16-6-4-5-7-17(16)14-20/h8-15H,3-7H2,1-2H3,(H,22,23)/t15-/m1/s1. The van der Waals surface area contributed by atoms with Crippen molar-refractivity contribution >= 4 is 11.6 Å². The van der Waals surface area contributed by atoms with Crippen molar-refractivity contribution in [1.29, 1.82) is 0 Å². The summed E-state index contributed by atoms with van der Waals surface area (Å²) >= 11 is 0. The summed E-state index contributed by atoms with van der Waals surface area (Å²) in [5.74, 6) is 1.38. The van der Waals surface area contributed by atoms with E-state index in [9.17, 15) is 4.79 Å². The number of nitrogens with one attached hydrogen (secondary N) is 1. The lowest BCUT2D eigenvalue weighted by Crippen LogP contribution is -2.30. The second-order valence-electron chi connectivity index (χ2n) is 6.34. The Morgan fingerprint density at radius 3 is 2.44 bits per heavy atom. The third-order valence-corrected chi connectivity index (χ3v) is 4.43. The number of carbonyl (C=O) groups is 1. The molecule has 2 aromatic carbocycles. The van der Waals surface area contributed by atoms with Crippen LogP contribution in [0.3, 0.4) is 0 Å². The van der Waals surface area contributed by atoms with Crippen LogP contribution in [0.4, 0.5) is 5.69 Å². The quantitative estimate of drug-likeness (QED) is 0.850. The lowest BCUT2D eigenvalue weighted by molar-refractivity contribution is -0.122. The maximum Gasteiger partial charge on any atom is 0.265 e. The maximum absolute atomic E-state index is 12.3. The number of ether oxygens (including phenoxy) is 2. The zero-order valence-electron chi connectivity index (χ0n) is 14.9. The Morgan fingerprint density at radius 2 is 1.72 bits per heavy atom. The number of amides is 1. The van der Waals surface area contributed by atoms with Gasteiger partial charge in [-0.3, -0.25) is 4.79 Å². The minimum Gasteiger partial charge on any atom is -0.494 e. The van der Waals surface area contributed by atoms with Gasteiger partial charge in [0, 0.05) is 5.69 Å². The topological polar surface area (TPSA) is 47.6 Å². The molecule has 0 radical (unpaired) electrons. The van der Waals surface area contributed by atoms with E-state index in [0.717, 1.165) is 30.0 Å². The van der Waals surface area contributed by atoms with Crippen molar-refractivity contribution in [2.75, 3.05) is 11.9 Å². The Labute approximate surface area is 149 Å². The van der Waals surface area contributed by atoms with Crippen LogP contribution in [0.2, 0.25) is 0 Å². The van der Waals surface area contributed by atoms with E-state index in [2.05, 4.69) is 17.4 Å². The van der Waals surface area contributed by atoms with E-state index in [1.807, 2.05) is 37.3 Å². The summed E-state index contributed by atoms with van der Waals surface area (Å²) in [6.45, 7) is 4.33. The van der Waals surface area contributed by atoms with Crippen molar-refractivity contribution in [2.45, 2.75) is 45.6 Å². The molecule has 0 saturated heterocycles. The number of fused-ring (bicyclic) bond motifs is 1. The van der Waals surface area contributed by atoms with Crippen molar-refractivity contribution < 1.29 is 14.3 Å². The van der Waals surface area contributed by atoms with Crippen LogP contribution in [0.15, 0.2) is 42.5 Å². The highest BCUT2D eigenvalue weighted by Crippen LogP contribution is 2.26. The van der Waals surface area contributed by atoms with Gasteiger partial charge in [0.2, 0.25) is 0 Å². The van der Waals surface area contributed by atoms with Gasteiger partial charge in [0.15, 0.2) is 6.10 Å². The van der Waals surface area contributed by atoms with Crippen LogP contribution in [0.25, 0.3) is 0 Å². The Bertz CT molecular complexity index is 724. The summed E-state index contributed by atoms with van der Waals surface area (Å²) in [4.78, 5) is 12.3. The molecule has 1 amide bonds. The van der Waals surface area contributed by atoms with Gasteiger partial charge in [-0.2, -0.15) is 0 Å². The summed E-state index contributed by atoms with van der Waals surface area (Å²) in [5, 5.41) is 2.87. The number of rotatable bonds is 6. The largest absolute Gasteiger partial charge is 0.494 e. The van der Waals surface area contributed by atoms with Crippen molar-refractivity contribution in [3.8, 4) is 11.5 Å². The highest BCUT2D eigenvalue weighted by molar-refractivity contribution is 5.94. The molecule has 0 fully saturated rings. The number of hydrogen-bond acceptors (Lipinski definition) is 3. The van der Waals surface area contributed by atoms with Crippen molar-refractivity contribution in [2.24, 2.45) is 0 Å². The Kier molecular flexibility index (Phi) is 5.59. The molecule has 4 heteroatoms. The van der Waals surface area contributed by atoms with E-state index in [-0.39, 0.29) is 5.91 Å². The zero-order valence-corrected chi connectivity index (χ0v) is 14.9. The lowest BCUT2D eigenvalue weighted by atomic mass is 9.92. The first-order valence-electron chi connectivity index (χ1n) is 8.98. The average molecular weight is 339 g/mol. The smallest absolute Gasteiger partial charge is 0.265 e. The van der Waals surface area contributed by atoms with E-state index < -0.39 is 6.10 Å². The third kappa shape index (κ3) is 4.53. The maximum atomic E-state index is 12.3. The lowest BCUT2D eigenvalue weighted by Gasteiger charge is -2.19. The molecular weight excluding hydrogens is 314 g/mol. The SMILES string of the molecule is CCOc1ccc(NC(=O)[C@@H](C)Oc2ccc3c(c2)CCCC3)cc1. The second kappa shape index (κ2) is 8.06. The van der Waals surface area contributed by atoms with Crippen LogP contribution in [0.1, 0.15) is 37.8 Å². The van der Waals surface area contributed by atoms with Gasteiger partial charge < -0.3 is 14.8 Å². The molecule has 1 aliphatic carbocycles. The van der Waals surface area contributed by atoms with Gasteiger partial charge in [-0.15, -0.1) is 0 Å². The van der Waals surface area contributed by atoms with Gasteiger partial charge in [0.1, 0.15) is 11.5 Å². The molecule has 0 spiro atoms. The minimum atomic E-state index is -0.562. The molecule has 2 aromatic rings. The second-order valence-corrected chi connectivity index (χ2v) is 6.34. The fourth-order valence-corrected chi connectivity index (χ4v) is 3.09. The molecule has 0 unspecified atom stereocenters. The average Bonchev–Trinajstić information content (AvgIpc) is 2.63. The molecule has 132 valence electrons. The molecule has 0 bridgehead atoms. The first-order chi connectivity index (χ1) is 12.2. The van der Waals surface area contributed by atoms with Gasteiger partial charge in [-0.05, 0) is 87.1 Å². The molecule has 0 aliphatic heterocycles. The molecule has 3 rings (SSSR count). The third-order valence-electron chi connectivity index (χ3n) is 4.43. The van der Waals surface area contributed by atoms with Crippen LogP contribution >= 0.6 is 0 Å². The molecule has 0 saturated carbocycles. The summed E-state index contributed by atoms with van der Waals surface area (Å²) in [6.07, 6.45) is 4.16. The van der Waals surface area contributed by atoms with Gasteiger partial charge in [0.05, 0.1) is 6.61 Å². The highest BCUT2D eigenvalue weighted by Gasteiger charge is 2.16. The Balaban J connectivity index is 1.58. The van der Waals surface area contributed by atoms with Gasteiger partial charge >= 0.3 is 0 Å². The number of carbonyl (C=O) groups excluding carboxylic acids is 1. The fourth-order valence-electron chi connectivity index (χ4n) is 3.09. The van der Waals surface area contributed by atoms with E-state index in [1.54, 1.807) is 6.92 Å². The molecule has 0 aromatic heterocycles. The van der Waals surface area contributed by atoms with Crippen molar-refractivity contribution in [3.05, 3.63) is 53.6 Å². The van der Waals surface area contributed by atoms with E-state index in [1.165, 1.54) is 24.0 Å². The fraction of sp³-hybridized carbons (Fsp3) is 0.381. The predicted octanol–water partition coefficient (Wildman–Crippen LogP) is 4.37. The van der Waals surface area contributed by atoms with E-state index in [0.29, 0.717) is 6.61 Å². The van der Waals surface area contributed by atoms with Crippen LogP contribution in [0, 0.1) is 0 Å². The first kappa shape index (κ1) is 17.3. The predicted molar refractivity (Wildman–Crippen MR) is 99.4 cm³/mol. The highest BCUT2D eigenvalue weighted by atomic mass is 16.5. The summed E-state index contributed by atoms with van der Waals surface area (Å²) in [6, 6.07) is 13.5. The van der Waals surface area contributed by atoms with Crippen molar-refractivity contribution in [1.82, 2.24) is 0 Å². The normalized spacial score (nSPS) is 14.3. The van der Waals surface area contributed by atoms with Gasteiger partial charge in [0.25, 0.3) is 5.91 Å². The molecular formula is C21H25NO3. The van der Waals surface area contributed by atoms with Crippen LogP contribution in [-0.2, 0) is 17.6 Å². The Morgan fingerprint density at radius 1 is 1.04 bits per heavy atom. The molecule has 4 nitrogen and oxygen atoms in total. The van der Waals surface area contributed by atoms with Crippen LogP contribution in [-0.4, -0.2) is 18.6 Å². The Hall–Kier alpha value is -2.49. The van der Waals surface area contributed by atoms with Crippen molar-refractivity contribution in [3.63, 3.8) is 0 Å². The van der Waals surface area contributed by atoms with E-state index >= 15 is 0 Å². The molecule has 1 N–H and O–H groups in total. The van der Waals surface area contributed by atoms with Gasteiger partial charge in [-0.1, -0.05) is 6.07 Å². The molecule has 25 heavy (non-hydrogen) atoms. The summed E-state index contributed by atoms with van der Waals surface area (Å²) in [5.41, 5.74) is 3.49. The molecule has 0 heterocycles. The summed E-state index contributed by atoms with van der Waals surface area (Å²) < 4.78 is 11.2. The zero-order chi connectivity index (χ0) is 17.6. The van der Waals surface area contributed by atoms with Gasteiger partial charge in [-0.25, -0.2) is 0 Å². The number of aryl methyl sites for hydroxylation is 2.